The summed E-state index contributed by atoms with van der Waals surface area (Å²) in [6.45, 7) is 1.95. The van der Waals surface area contributed by atoms with Gasteiger partial charge in [0.1, 0.15) is 4.60 Å². The molecule has 0 atom stereocenters. The van der Waals surface area contributed by atoms with Crippen molar-refractivity contribution in [2.24, 2.45) is 0 Å². The van der Waals surface area contributed by atoms with Crippen LogP contribution in [0.25, 0.3) is 22.0 Å². The number of nitriles is 1. The van der Waals surface area contributed by atoms with Gasteiger partial charge in [-0.2, -0.15) is 5.26 Å². The van der Waals surface area contributed by atoms with Gasteiger partial charge in [-0.3, -0.25) is 0 Å². The van der Waals surface area contributed by atoms with Crippen molar-refractivity contribution in [1.82, 2.24) is 9.55 Å². The van der Waals surface area contributed by atoms with E-state index in [1.807, 2.05) is 13.0 Å². The van der Waals surface area contributed by atoms with Crippen molar-refractivity contribution in [2.75, 3.05) is 5.73 Å². The zero-order valence-corrected chi connectivity index (χ0v) is 17.8. The van der Waals surface area contributed by atoms with E-state index >= 15 is 0 Å². The molecule has 0 bridgehead atoms. The van der Waals surface area contributed by atoms with E-state index in [9.17, 15) is 10.4 Å². The monoisotopic (exact) mass is 458 g/mol. The van der Waals surface area contributed by atoms with Gasteiger partial charge in [-0.25, -0.2) is 4.98 Å². The number of rotatable bonds is 2. The normalized spacial score (nSPS) is 19.7. The van der Waals surface area contributed by atoms with Gasteiger partial charge in [0.2, 0.25) is 0 Å². The third-order valence-electron chi connectivity index (χ3n) is 5.65. The van der Waals surface area contributed by atoms with E-state index in [1.54, 1.807) is 6.20 Å². The fourth-order valence-electron chi connectivity index (χ4n) is 4.04. The van der Waals surface area contributed by atoms with Crippen LogP contribution >= 0.6 is 27.5 Å². The highest BCUT2D eigenvalue weighted by Crippen LogP contribution is 2.42. The molecule has 1 fully saturated rings. The zero-order valence-electron chi connectivity index (χ0n) is 15.4. The van der Waals surface area contributed by atoms with Crippen LogP contribution in [-0.4, -0.2) is 20.8 Å². The predicted octanol–water partition coefficient (Wildman–Crippen LogP) is 5.36. The van der Waals surface area contributed by atoms with Crippen molar-refractivity contribution in [3.8, 4) is 17.2 Å². The molecule has 0 unspecified atom stereocenters. The van der Waals surface area contributed by atoms with Crippen molar-refractivity contribution >= 4 is 44.1 Å². The first-order chi connectivity index (χ1) is 13.4. The van der Waals surface area contributed by atoms with Crippen LogP contribution in [0.1, 0.15) is 42.9 Å². The number of anilines is 1. The average Bonchev–Trinajstić information content (AvgIpc) is 3.04. The van der Waals surface area contributed by atoms with Crippen LogP contribution in [-0.2, 0) is 0 Å². The van der Waals surface area contributed by atoms with Gasteiger partial charge in [0.05, 0.1) is 28.4 Å². The van der Waals surface area contributed by atoms with Gasteiger partial charge in [0.25, 0.3) is 0 Å². The molecule has 2 aromatic heterocycles. The van der Waals surface area contributed by atoms with Crippen LogP contribution in [0.5, 0.6) is 0 Å². The number of nitrogen functional groups attached to an aromatic ring is 1. The fourth-order valence-corrected chi connectivity index (χ4v) is 4.70. The van der Waals surface area contributed by atoms with Crippen LogP contribution in [0.2, 0.25) is 5.02 Å². The molecule has 0 amide bonds. The van der Waals surface area contributed by atoms with E-state index in [0.717, 1.165) is 53.3 Å². The van der Waals surface area contributed by atoms with E-state index in [-0.39, 0.29) is 6.10 Å². The van der Waals surface area contributed by atoms with Crippen molar-refractivity contribution < 1.29 is 5.11 Å². The standard InChI is InChI=1S/C21H20BrClN4O/c1-11-6-18-15(7-12(11)8-24)17(16-9-26-21(22)20(25)19(16)23)10-27(18)13-2-4-14(28)5-3-13/h6-7,9-10,13-14,28H,2-5,25H2,1H3/t13-,14-. The molecule has 7 heteroatoms. The van der Waals surface area contributed by atoms with Crippen LogP contribution in [0.15, 0.2) is 29.1 Å². The number of pyridine rings is 1. The zero-order chi connectivity index (χ0) is 20.0. The lowest BCUT2D eigenvalue weighted by Gasteiger charge is -2.27. The Morgan fingerprint density at radius 2 is 2.00 bits per heavy atom. The van der Waals surface area contributed by atoms with Crippen molar-refractivity contribution in [3.63, 3.8) is 0 Å². The minimum atomic E-state index is -0.214. The summed E-state index contributed by atoms with van der Waals surface area (Å²) in [6, 6.07) is 6.55. The number of aliphatic hydroxyl groups is 1. The van der Waals surface area contributed by atoms with Crippen LogP contribution in [0, 0.1) is 18.3 Å². The second-order valence-electron chi connectivity index (χ2n) is 7.40. The Balaban J connectivity index is 1.96. The molecular formula is C21H20BrClN4O. The second-order valence-corrected chi connectivity index (χ2v) is 8.53. The molecular weight excluding hydrogens is 440 g/mol. The fraction of sp³-hybridized carbons (Fsp3) is 0.333. The van der Waals surface area contributed by atoms with Gasteiger partial charge in [-0.05, 0) is 66.2 Å². The van der Waals surface area contributed by atoms with E-state index in [2.05, 4.69) is 43.8 Å². The molecule has 5 nitrogen and oxygen atoms in total. The molecule has 1 aliphatic rings. The molecule has 28 heavy (non-hydrogen) atoms. The number of hydrogen-bond acceptors (Lipinski definition) is 4. The van der Waals surface area contributed by atoms with E-state index in [4.69, 9.17) is 17.3 Å². The maximum Gasteiger partial charge on any atom is 0.130 e. The Labute approximate surface area is 176 Å². The summed E-state index contributed by atoms with van der Waals surface area (Å²) in [6.07, 6.45) is 7.00. The Morgan fingerprint density at radius 1 is 1.29 bits per heavy atom. The van der Waals surface area contributed by atoms with Crippen LogP contribution in [0.3, 0.4) is 0 Å². The Hall–Kier alpha value is -2.07. The van der Waals surface area contributed by atoms with Gasteiger partial charge < -0.3 is 15.4 Å². The minimum Gasteiger partial charge on any atom is -0.395 e. The summed E-state index contributed by atoms with van der Waals surface area (Å²) < 4.78 is 2.78. The van der Waals surface area contributed by atoms with Crippen molar-refractivity contribution in [1.29, 1.82) is 5.26 Å². The predicted molar refractivity (Wildman–Crippen MR) is 115 cm³/mol. The number of nitrogens with zero attached hydrogens (tertiary/aromatic N) is 3. The maximum atomic E-state index is 9.89. The number of fused-ring (bicyclic) bond motifs is 1. The smallest absolute Gasteiger partial charge is 0.130 e. The lowest BCUT2D eigenvalue weighted by Crippen LogP contribution is -2.20. The first-order valence-corrected chi connectivity index (χ1v) is 10.4. The second kappa shape index (κ2) is 7.40. The van der Waals surface area contributed by atoms with Gasteiger partial charge in [0, 0.05) is 40.5 Å². The highest BCUT2D eigenvalue weighted by molar-refractivity contribution is 9.10. The number of halogens is 2. The summed E-state index contributed by atoms with van der Waals surface area (Å²) in [4.78, 5) is 4.31. The third-order valence-corrected chi connectivity index (χ3v) is 6.69. The van der Waals surface area contributed by atoms with Gasteiger partial charge in [0.15, 0.2) is 0 Å². The SMILES string of the molecule is Cc1cc2c(cc1C#N)c(-c1cnc(Br)c(N)c1Cl)cn2[C@H]1CC[C@H](O)CC1. The molecule has 1 aromatic carbocycles. The molecule has 0 spiro atoms. The first kappa shape index (κ1) is 19.3. The summed E-state index contributed by atoms with van der Waals surface area (Å²) in [5.74, 6) is 0. The topological polar surface area (TPSA) is 87.9 Å². The van der Waals surface area contributed by atoms with Gasteiger partial charge in [-0.15, -0.1) is 0 Å². The molecule has 1 saturated carbocycles. The van der Waals surface area contributed by atoms with Gasteiger partial charge >= 0.3 is 0 Å². The molecule has 0 saturated heterocycles. The molecule has 4 rings (SSSR count). The molecule has 1 aliphatic carbocycles. The molecule has 3 aromatic rings. The molecule has 3 N–H and O–H groups in total. The molecule has 0 aliphatic heterocycles. The quantitative estimate of drug-likeness (QED) is 0.505. The average molecular weight is 460 g/mol. The summed E-state index contributed by atoms with van der Waals surface area (Å²) in [5.41, 5.74) is 10.8. The number of aromatic nitrogens is 2. The van der Waals surface area contributed by atoms with Crippen molar-refractivity contribution in [2.45, 2.75) is 44.8 Å². The Bertz CT molecular complexity index is 1110. The third kappa shape index (κ3) is 3.18. The van der Waals surface area contributed by atoms with Gasteiger partial charge in [-0.1, -0.05) is 11.6 Å². The number of benzene rings is 1. The molecule has 0 radical (unpaired) electrons. The summed E-state index contributed by atoms with van der Waals surface area (Å²) in [5, 5.41) is 20.8. The Kier molecular flexibility index (Phi) is 5.09. The highest BCUT2D eigenvalue weighted by atomic mass is 79.9. The summed E-state index contributed by atoms with van der Waals surface area (Å²) in [7, 11) is 0. The summed E-state index contributed by atoms with van der Waals surface area (Å²) >= 11 is 9.87. The van der Waals surface area contributed by atoms with E-state index in [1.165, 1.54) is 0 Å². The lowest BCUT2D eigenvalue weighted by atomic mass is 9.93. The van der Waals surface area contributed by atoms with Crippen LogP contribution < -0.4 is 5.73 Å². The number of hydrogen-bond donors (Lipinski definition) is 2. The lowest BCUT2D eigenvalue weighted by molar-refractivity contribution is 0.111. The number of aliphatic hydroxyl groups excluding tert-OH is 1. The van der Waals surface area contributed by atoms with Crippen molar-refractivity contribution in [3.05, 3.63) is 45.3 Å². The largest absolute Gasteiger partial charge is 0.395 e. The van der Waals surface area contributed by atoms with E-state index < -0.39 is 0 Å². The minimum absolute atomic E-state index is 0.214. The number of aryl methyl sites for hydroxylation is 1. The number of nitrogens with two attached hydrogens (primary N) is 1. The van der Waals surface area contributed by atoms with E-state index in [0.29, 0.717) is 26.9 Å². The first-order valence-electron chi connectivity index (χ1n) is 9.24. The highest BCUT2D eigenvalue weighted by Gasteiger charge is 2.25. The molecule has 2 heterocycles. The Morgan fingerprint density at radius 3 is 2.68 bits per heavy atom. The van der Waals surface area contributed by atoms with Crippen LogP contribution in [0.4, 0.5) is 5.69 Å². The maximum absolute atomic E-state index is 9.89. The molecule has 144 valence electrons.